The standard InChI is InChI=1S/C11H6ClN7O3S/c12-9-16-10(18-11(17-9)19(5-13)6-14)15-7-1-3-8(4-2-7)23(20,21)22/h1-4H,(H,20,21,22)(H,15,16,17,18). The van der Waals surface area contributed by atoms with E-state index in [1.807, 2.05) is 0 Å². The lowest BCUT2D eigenvalue weighted by molar-refractivity contribution is 0.483. The van der Waals surface area contributed by atoms with Crippen LogP contribution in [0.4, 0.5) is 17.6 Å². The van der Waals surface area contributed by atoms with Gasteiger partial charge in [-0.1, -0.05) is 0 Å². The number of nitriles is 2. The Kier molecular flexibility index (Phi) is 4.57. The minimum Gasteiger partial charge on any atom is -0.324 e. The largest absolute Gasteiger partial charge is 0.324 e. The molecule has 0 unspecified atom stereocenters. The molecule has 2 rings (SSSR count). The minimum atomic E-state index is -4.29. The molecular weight excluding hydrogens is 346 g/mol. The van der Waals surface area contributed by atoms with E-state index < -0.39 is 10.1 Å². The fourth-order valence-corrected chi connectivity index (χ4v) is 2.08. The van der Waals surface area contributed by atoms with Crippen LogP contribution in [-0.4, -0.2) is 27.9 Å². The van der Waals surface area contributed by atoms with Crippen molar-refractivity contribution in [2.45, 2.75) is 4.90 Å². The molecule has 0 radical (unpaired) electrons. The number of hydrogen-bond donors (Lipinski definition) is 2. The van der Waals surface area contributed by atoms with Crippen molar-refractivity contribution in [3.8, 4) is 12.4 Å². The van der Waals surface area contributed by atoms with E-state index in [4.69, 9.17) is 26.7 Å². The fourth-order valence-electron chi connectivity index (χ4n) is 1.45. The maximum Gasteiger partial charge on any atom is 0.294 e. The minimum absolute atomic E-state index is 0.0601. The third-order valence-corrected chi connectivity index (χ3v) is 3.44. The van der Waals surface area contributed by atoms with E-state index in [2.05, 4.69) is 20.3 Å². The Bertz CT molecular complexity index is 904. The zero-order valence-electron chi connectivity index (χ0n) is 11.0. The van der Waals surface area contributed by atoms with Crippen LogP contribution < -0.4 is 10.2 Å². The van der Waals surface area contributed by atoms with Crippen LogP contribution >= 0.6 is 11.6 Å². The maximum atomic E-state index is 11.0. The second-order valence-corrected chi connectivity index (χ2v) is 5.65. The van der Waals surface area contributed by atoms with Gasteiger partial charge in [-0.25, -0.2) is 0 Å². The lowest BCUT2D eigenvalue weighted by Gasteiger charge is -2.08. The molecule has 116 valence electrons. The summed E-state index contributed by atoms with van der Waals surface area (Å²) in [6, 6.07) is 5.04. The summed E-state index contributed by atoms with van der Waals surface area (Å²) in [4.78, 5) is 11.5. The van der Waals surface area contributed by atoms with Gasteiger partial charge in [0.05, 0.1) is 4.90 Å². The Hall–Kier alpha value is -2.99. The van der Waals surface area contributed by atoms with Gasteiger partial charge in [0.15, 0.2) is 0 Å². The van der Waals surface area contributed by atoms with E-state index in [-0.39, 0.29) is 22.1 Å². The third kappa shape index (κ3) is 4.02. The molecule has 23 heavy (non-hydrogen) atoms. The van der Waals surface area contributed by atoms with E-state index in [1.54, 1.807) is 12.4 Å². The molecule has 1 aromatic heterocycles. The van der Waals surface area contributed by atoms with Crippen LogP contribution in [0.15, 0.2) is 29.2 Å². The first-order chi connectivity index (χ1) is 10.8. The van der Waals surface area contributed by atoms with Gasteiger partial charge in [0.1, 0.15) is 0 Å². The summed E-state index contributed by atoms with van der Waals surface area (Å²) in [5.41, 5.74) is 0.381. The fraction of sp³-hybridized carbons (Fsp3) is 0. The van der Waals surface area contributed by atoms with Crippen LogP contribution in [0.3, 0.4) is 0 Å². The Morgan fingerprint density at radius 2 is 1.74 bits per heavy atom. The smallest absolute Gasteiger partial charge is 0.294 e. The first-order valence-electron chi connectivity index (χ1n) is 5.69. The van der Waals surface area contributed by atoms with Gasteiger partial charge in [-0.05, 0) is 35.9 Å². The van der Waals surface area contributed by atoms with Crippen molar-refractivity contribution in [2.75, 3.05) is 10.2 Å². The number of aromatic nitrogens is 3. The first kappa shape index (κ1) is 16.4. The van der Waals surface area contributed by atoms with Crippen molar-refractivity contribution in [2.24, 2.45) is 0 Å². The highest BCUT2D eigenvalue weighted by molar-refractivity contribution is 7.85. The van der Waals surface area contributed by atoms with Gasteiger partial charge in [0, 0.05) is 5.69 Å². The number of nitrogens with one attached hydrogen (secondary N) is 1. The SMILES string of the molecule is N#CN(C#N)c1nc(Cl)nc(Nc2ccc(S(=O)(=O)O)cc2)n1. The van der Waals surface area contributed by atoms with Crippen LogP contribution in [0.5, 0.6) is 0 Å². The van der Waals surface area contributed by atoms with Crippen LogP contribution in [0.2, 0.25) is 5.28 Å². The van der Waals surface area contributed by atoms with Gasteiger partial charge in [-0.3, -0.25) is 4.55 Å². The van der Waals surface area contributed by atoms with E-state index in [0.717, 1.165) is 12.1 Å². The Morgan fingerprint density at radius 1 is 1.13 bits per heavy atom. The highest BCUT2D eigenvalue weighted by atomic mass is 35.5. The van der Waals surface area contributed by atoms with Gasteiger partial charge < -0.3 is 5.32 Å². The summed E-state index contributed by atoms with van der Waals surface area (Å²) in [5.74, 6) is -0.331. The molecule has 12 heteroatoms. The van der Waals surface area contributed by atoms with Gasteiger partial charge in [0.2, 0.25) is 23.6 Å². The summed E-state index contributed by atoms with van der Waals surface area (Å²) >= 11 is 5.70. The van der Waals surface area contributed by atoms with Crippen LogP contribution in [0.25, 0.3) is 0 Å². The van der Waals surface area contributed by atoms with E-state index in [0.29, 0.717) is 10.6 Å². The molecule has 0 amide bonds. The molecule has 0 saturated heterocycles. The monoisotopic (exact) mass is 351 g/mol. The van der Waals surface area contributed by atoms with Crippen LogP contribution in [0, 0.1) is 22.9 Å². The number of rotatable bonds is 4. The van der Waals surface area contributed by atoms with E-state index in [9.17, 15) is 8.42 Å². The maximum absolute atomic E-state index is 11.0. The third-order valence-electron chi connectivity index (χ3n) is 2.40. The summed E-state index contributed by atoms with van der Waals surface area (Å²) < 4.78 is 30.8. The molecule has 0 aliphatic heterocycles. The normalized spacial score (nSPS) is 10.4. The Labute approximate surface area is 135 Å². The number of benzene rings is 1. The first-order valence-corrected chi connectivity index (χ1v) is 7.51. The van der Waals surface area contributed by atoms with Crippen LogP contribution in [-0.2, 0) is 10.1 Å². The predicted molar refractivity (Wildman–Crippen MR) is 78.1 cm³/mol. The van der Waals surface area contributed by atoms with Gasteiger partial charge in [0.25, 0.3) is 16.1 Å². The Morgan fingerprint density at radius 3 is 2.26 bits per heavy atom. The van der Waals surface area contributed by atoms with Gasteiger partial charge >= 0.3 is 0 Å². The number of hydrogen-bond acceptors (Lipinski definition) is 9. The van der Waals surface area contributed by atoms with E-state index >= 15 is 0 Å². The highest BCUT2D eigenvalue weighted by Gasteiger charge is 2.13. The topological polar surface area (TPSA) is 156 Å². The van der Waals surface area contributed by atoms with Crippen molar-refractivity contribution in [1.29, 1.82) is 10.5 Å². The van der Waals surface area contributed by atoms with Gasteiger partial charge in [-0.2, -0.15) is 33.9 Å². The number of halogens is 1. The van der Waals surface area contributed by atoms with Crippen molar-refractivity contribution in [3.63, 3.8) is 0 Å². The second-order valence-electron chi connectivity index (χ2n) is 3.89. The lowest BCUT2D eigenvalue weighted by atomic mass is 10.3. The molecular formula is C11H6ClN7O3S. The summed E-state index contributed by atoms with van der Waals surface area (Å²) in [5, 5.41) is 20.0. The molecule has 0 atom stereocenters. The average molecular weight is 352 g/mol. The molecule has 2 aromatic rings. The summed E-state index contributed by atoms with van der Waals surface area (Å²) in [6.45, 7) is 0. The van der Waals surface area contributed by atoms with Crippen molar-refractivity contribution in [3.05, 3.63) is 29.5 Å². The average Bonchev–Trinajstić information content (AvgIpc) is 2.47. The molecule has 0 aliphatic rings. The lowest BCUT2D eigenvalue weighted by Crippen LogP contribution is -2.13. The molecule has 0 saturated carbocycles. The predicted octanol–water partition coefficient (Wildman–Crippen LogP) is 1.28. The van der Waals surface area contributed by atoms with Crippen LogP contribution in [0.1, 0.15) is 0 Å². The molecule has 0 spiro atoms. The van der Waals surface area contributed by atoms with Gasteiger partial charge in [-0.15, -0.1) is 4.90 Å². The quantitative estimate of drug-likeness (QED) is 0.467. The molecule has 0 fully saturated rings. The molecule has 2 N–H and O–H groups in total. The zero-order chi connectivity index (χ0) is 17.0. The van der Waals surface area contributed by atoms with Crippen molar-refractivity contribution in [1.82, 2.24) is 15.0 Å². The number of nitrogens with zero attached hydrogens (tertiary/aromatic N) is 6. The Balaban J connectivity index is 2.31. The molecule has 0 aliphatic carbocycles. The molecule has 1 heterocycles. The number of anilines is 3. The van der Waals surface area contributed by atoms with Crippen molar-refractivity contribution >= 4 is 39.3 Å². The molecule has 10 nitrogen and oxygen atoms in total. The van der Waals surface area contributed by atoms with Crippen molar-refractivity contribution < 1.29 is 13.0 Å². The van der Waals surface area contributed by atoms with E-state index in [1.165, 1.54) is 12.1 Å². The highest BCUT2D eigenvalue weighted by Crippen LogP contribution is 2.19. The zero-order valence-corrected chi connectivity index (χ0v) is 12.6. The summed E-state index contributed by atoms with van der Waals surface area (Å²) in [6.07, 6.45) is 3.10. The second kappa shape index (κ2) is 6.41. The summed E-state index contributed by atoms with van der Waals surface area (Å²) in [7, 11) is -4.29. The molecule has 1 aromatic carbocycles. The molecule has 0 bridgehead atoms.